The number of halogens is 1. The molecule has 1 aromatic rings. The van der Waals surface area contributed by atoms with Crippen molar-refractivity contribution in [1.29, 1.82) is 0 Å². The molecule has 1 rings (SSSR count). The molecule has 0 saturated carbocycles. The van der Waals surface area contributed by atoms with E-state index in [0.29, 0.717) is 6.42 Å². The molecule has 0 heterocycles. The molecule has 0 aromatic heterocycles. The molecular weight excluding hydrogens is 357 g/mol. The van der Waals surface area contributed by atoms with Crippen LogP contribution >= 0.6 is 0 Å². The number of hydrogen-bond donors (Lipinski definition) is 1. The SMILES string of the molecule is CC[C@H](C)[C@H](NC(=O)COC(=O)CCC(=O)c1ccc(F)cc1)C(=O)OC. The second-order valence-corrected chi connectivity index (χ2v) is 6.04. The molecule has 0 aliphatic heterocycles. The Bertz CT molecular complexity index is 673. The molecule has 0 bridgehead atoms. The minimum absolute atomic E-state index is 0.121. The fourth-order valence-corrected chi connectivity index (χ4v) is 2.23. The number of amides is 1. The maximum atomic E-state index is 12.8. The number of rotatable bonds is 10. The zero-order valence-corrected chi connectivity index (χ0v) is 15.6. The Kier molecular flexibility index (Phi) is 9.12. The van der Waals surface area contributed by atoms with Gasteiger partial charge in [-0.2, -0.15) is 0 Å². The number of nitrogens with one attached hydrogen (secondary N) is 1. The molecule has 0 spiro atoms. The third-order valence-electron chi connectivity index (χ3n) is 4.07. The van der Waals surface area contributed by atoms with Crippen LogP contribution < -0.4 is 5.32 Å². The van der Waals surface area contributed by atoms with Gasteiger partial charge in [0, 0.05) is 12.0 Å². The predicted octanol–water partition coefficient (Wildman–Crippen LogP) is 2.04. The minimum Gasteiger partial charge on any atom is -0.467 e. The Morgan fingerprint density at radius 3 is 2.30 bits per heavy atom. The third kappa shape index (κ3) is 7.55. The molecule has 1 N–H and O–H groups in total. The number of carbonyl (C=O) groups excluding carboxylic acids is 4. The van der Waals surface area contributed by atoms with Crippen LogP contribution in [0.5, 0.6) is 0 Å². The van der Waals surface area contributed by atoms with Crippen LogP contribution in [-0.4, -0.2) is 43.4 Å². The summed E-state index contributed by atoms with van der Waals surface area (Å²) in [4.78, 5) is 47.2. The number of Topliss-reactive ketones (excluding diaryl/α,β-unsaturated/α-hetero) is 1. The van der Waals surface area contributed by atoms with Crippen molar-refractivity contribution in [2.24, 2.45) is 5.92 Å². The molecule has 0 aliphatic carbocycles. The van der Waals surface area contributed by atoms with E-state index in [0.717, 1.165) is 12.1 Å². The van der Waals surface area contributed by atoms with Crippen molar-refractivity contribution in [2.45, 2.75) is 39.2 Å². The van der Waals surface area contributed by atoms with E-state index in [1.54, 1.807) is 6.92 Å². The summed E-state index contributed by atoms with van der Waals surface area (Å²) in [5, 5.41) is 2.48. The summed E-state index contributed by atoms with van der Waals surface area (Å²) in [7, 11) is 1.22. The molecule has 1 amide bonds. The second-order valence-electron chi connectivity index (χ2n) is 6.04. The topological polar surface area (TPSA) is 98.8 Å². The van der Waals surface area contributed by atoms with Crippen molar-refractivity contribution < 1.29 is 33.0 Å². The Labute approximate surface area is 157 Å². The third-order valence-corrected chi connectivity index (χ3v) is 4.07. The van der Waals surface area contributed by atoms with Gasteiger partial charge in [-0.1, -0.05) is 20.3 Å². The highest BCUT2D eigenvalue weighted by molar-refractivity contribution is 5.97. The lowest BCUT2D eigenvalue weighted by atomic mass is 9.99. The largest absolute Gasteiger partial charge is 0.467 e. The lowest BCUT2D eigenvalue weighted by Gasteiger charge is -2.21. The smallest absolute Gasteiger partial charge is 0.328 e. The number of esters is 2. The molecular formula is C19H24FNO6. The molecule has 7 nitrogen and oxygen atoms in total. The van der Waals surface area contributed by atoms with Gasteiger partial charge in [0.2, 0.25) is 0 Å². The average molecular weight is 381 g/mol. The maximum Gasteiger partial charge on any atom is 0.328 e. The van der Waals surface area contributed by atoms with Crippen LogP contribution in [-0.2, 0) is 23.9 Å². The van der Waals surface area contributed by atoms with Crippen molar-refractivity contribution in [3.8, 4) is 0 Å². The highest BCUT2D eigenvalue weighted by Crippen LogP contribution is 2.10. The van der Waals surface area contributed by atoms with Gasteiger partial charge in [0.1, 0.15) is 11.9 Å². The molecule has 27 heavy (non-hydrogen) atoms. The van der Waals surface area contributed by atoms with Crippen LogP contribution in [0.1, 0.15) is 43.5 Å². The maximum absolute atomic E-state index is 12.8. The van der Waals surface area contributed by atoms with E-state index < -0.39 is 36.3 Å². The molecule has 8 heteroatoms. The van der Waals surface area contributed by atoms with E-state index >= 15 is 0 Å². The van der Waals surface area contributed by atoms with Gasteiger partial charge in [-0.3, -0.25) is 14.4 Å². The van der Waals surface area contributed by atoms with Gasteiger partial charge in [-0.25, -0.2) is 9.18 Å². The van der Waals surface area contributed by atoms with E-state index in [-0.39, 0.29) is 30.1 Å². The van der Waals surface area contributed by atoms with Crippen LogP contribution in [0.2, 0.25) is 0 Å². The number of carbonyl (C=O) groups is 4. The monoisotopic (exact) mass is 381 g/mol. The first-order valence-electron chi connectivity index (χ1n) is 8.60. The Morgan fingerprint density at radius 1 is 1.11 bits per heavy atom. The standard InChI is InChI=1S/C19H24FNO6/c1-4-12(2)18(19(25)26-3)21-16(23)11-27-17(24)10-9-15(22)13-5-7-14(20)8-6-13/h5-8,12,18H,4,9-11H2,1-3H3,(H,21,23)/t12-,18-/m0/s1. The van der Waals surface area contributed by atoms with Crippen molar-refractivity contribution in [3.63, 3.8) is 0 Å². The highest BCUT2D eigenvalue weighted by Gasteiger charge is 2.26. The van der Waals surface area contributed by atoms with Crippen molar-refractivity contribution in [1.82, 2.24) is 5.32 Å². The van der Waals surface area contributed by atoms with Crippen LogP contribution in [0, 0.1) is 11.7 Å². The lowest BCUT2D eigenvalue weighted by molar-refractivity contribution is -0.151. The number of ether oxygens (including phenoxy) is 2. The predicted molar refractivity (Wildman–Crippen MR) is 94.3 cm³/mol. The van der Waals surface area contributed by atoms with Gasteiger partial charge < -0.3 is 14.8 Å². The Hall–Kier alpha value is -2.77. The average Bonchev–Trinajstić information content (AvgIpc) is 2.67. The van der Waals surface area contributed by atoms with Crippen LogP contribution in [0.3, 0.4) is 0 Å². The lowest BCUT2D eigenvalue weighted by Crippen LogP contribution is -2.47. The van der Waals surface area contributed by atoms with E-state index in [1.807, 2.05) is 6.92 Å². The molecule has 0 unspecified atom stereocenters. The first-order chi connectivity index (χ1) is 12.8. The van der Waals surface area contributed by atoms with Gasteiger partial charge in [0.05, 0.1) is 13.5 Å². The molecule has 0 fully saturated rings. The zero-order chi connectivity index (χ0) is 20.4. The van der Waals surface area contributed by atoms with Crippen LogP contribution in [0.25, 0.3) is 0 Å². The molecule has 0 radical (unpaired) electrons. The molecule has 0 aliphatic rings. The van der Waals surface area contributed by atoms with E-state index in [4.69, 9.17) is 4.74 Å². The van der Waals surface area contributed by atoms with Crippen LogP contribution in [0.4, 0.5) is 4.39 Å². The molecule has 1 aromatic carbocycles. The first kappa shape index (κ1) is 22.3. The Balaban J connectivity index is 2.42. The number of methoxy groups -OCH3 is 1. The quantitative estimate of drug-likeness (QED) is 0.492. The van der Waals surface area contributed by atoms with Gasteiger partial charge in [0.15, 0.2) is 12.4 Å². The van der Waals surface area contributed by atoms with Gasteiger partial charge in [0.25, 0.3) is 5.91 Å². The van der Waals surface area contributed by atoms with Crippen molar-refractivity contribution in [3.05, 3.63) is 35.6 Å². The summed E-state index contributed by atoms with van der Waals surface area (Å²) in [5.41, 5.74) is 0.288. The molecule has 148 valence electrons. The summed E-state index contributed by atoms with van der Waals surface area (Å²) < 4.78 is 22.3. The van der Waals surface area contributed by atoms with Crippen molar-refractivity contribution in [2.75, 3.05) is 13.7 Å². The van der Waals surface area contributed by atoms with Gasteiger partial charge in [-0.15, -0.1) is 0 Å². The van der Waals surface area contributed by atoms with Crippen molar-refractivity contribution >= 4 is 23.6 Å². The number of benzene rings is 1. The Morgan fingerprint density at radius 2 is 1.74 bits per heavy atom. The summed E-state index contributed by atoms with van der Waals surface area (Å²) >= 11 is 0. The van der Waals surface area contributed by atoms with Gasteiger partial charge >= 0.3 is 11.9 Å². The normalized spacial score (nSPS) is 12.6. The highest BCUT2D eigenvalue weighted by atomic mass is 19.1. The number of ketones is 1. The van der Waals surface area contributed by atoms with E-state index in [9.17, 15) is 23.6 Å². The summed E-state index contributed by atoms with van der Waals surface area (Å²) in [6, 6.07) is 4.15. The molecule has 0 saturated heterocycles. The van der Waals surface area contributed by atoms with Gasteiger partial charge in [-0.05, 0) is 30.2 Å². The summed E-state index contributed by atoms with van der Waals surface area (Å²) in [6.07, 6.45) is 0.310. The summed E-state index contributed by atoms with van der Waals surface area (Å²) in [5.74, 6) is -2.87. The van der Waals surface area contributed by atoms with E-state index in [2.05, 4.69) is 10.1 Å². The van der Waals surface area contributed by atoms with Crippen LogP contribution in [0.15, 0.2) is 24.3 Å². The second kappa shape index (κ2) is 11.1. The first-order valence-corrected chi connectivity index (χ1v) is 8.60. The number of hydrogen-bond acceptors (Lipinski definition) is 6. The summed E-state index contributed by atoms with van der Waals surface area (Å²) in [6.45, 7) is 3.09. The zero-order valence-electron chi connectivity index (χ0n) is 15.6. The minimum atomic E-state index is -0.828. The van der Waals surface area contributed by atoms with E-state index in [1.165, 1.54) is 19.2 Å². The fraction of sp³-hybridized carbons (Fsp3) is 0.474. The molecule has 2 atom stereocenters. The fourth-order valence-electron chi connectivity index (χ4n) is 2.23.